The lowest BCUT2D eigenvalue weighted by Crippen LogP contribution is -2.25. The fourth-order valence-corrected chi connectivity index (χ4v) is 2.80. The topological polar surface area (TPSA) is 87.3 Å². The molecule has 1 heterocycles. The summed E-state index contributed by atoms with van der Waals surface area (Å²) in [5.41, 5.74) is 0.654. The highest BCUT2D eigenvalue weighted by Gasteiger charge is 2.19. The lowest BCUT2D eigenvalue weighted by Gasteiger charge is -2.17. The van der Waals surface area contributed by atoms with E-state index in [9.17, 15) is 14.9 Å². The maximum absolute atomic E-state index is 13.2. The number of nitro groups is 1. The molecular formula is C19H19N3O4. The van der Waals surface area contributed by atoms with E-state index < -0.39 is 4.92 Å². The number of ether oxygens (including phenoxy) is 1. The molecule has 0 saturated carbocycles. The maximum Gasteiger partial charge on any atom is 0.270 e. The fourth-order valence-electron chi connectivity index (χ4n) is 2.80. The van der Waals surface area contributed by atoms with Gasteiger partial charge in [-0.05, 0) is 36.8 Å². The third-order valence-corrected chi connectivity index (χ3v) is 4.47. The molecule has 7 heteroatoms. The Balaban J connectivity index is 2.34. The van der Waals surface area contributed by atoms with Crippen LogP contribution in [-0.2, 0) is 0 Å². The van der Waals surface area contributed by atoms with Gasteiger partial charge in [-0.2, -0.15) is 0 Å². The zero-order valence-corrected chi connectivity index (χ0v) is 14.8. The van der Waals surface area contributed by atoms with Crippen LogP contribution in [0.2, 0.25) is 0 Å². The van der Waals surface area contributed by atoms with Gasteiger partial charge < -0.3 is 4.74 Å². The summed E-state index contributed by atoms with van der Waals surface area (Å²) in [5.74, 6) is 1.35. The first kappa shape index (κ1) is 17.6. The molecular weight excluding hydrogens is 334 g/mol. The molecule has 0 aliphatic heterocycles. The molecule has 0 aliphatic rings. The van der Waals surface area contributed by atoms with E-state index in [0.29, 0.717) is 22.8 Å². The number of hydrogen-bond acceptors (Lipinski definition) is 5. The number of nitro benzene ring substituents is 1. The normalized spacial score (nSPS) is 12.1. The van der Waals surface area contributed by atoms with Gasteiger partial charge in [0.15, 0.2) is 0 Å². The second kappa shape index (κ2) is 6.95. The molecule has 2 aromatic carbocycles. The summed E-state index contributed by atoms with van der Waals surface area (Å²) in [7, 11) is 1.57. The molecule has 0 amide bonds. The first-order valence-electron chi connectivity index (χ1n) is 8.31. The van der Waals surface area contributed by atoms with Crippen molar-refractivity contribution in [2.45, 2.75) is 26.2 Å². The van der Waals surface area contributed by atoms with Crippen molar-refractivity contribution in [3.63, 3.8) is 0 Å². The molecule has 0 unspecified atom stereocenters. The van der Waals surface area contributed by atoms with Gasteiger partial charge in [-0.15, -0.1) is 0 Å². The number of non-ortho nitro benzene ring substituents is 1. The molecule has 0 bridgehead atoms. The summed E-state index contributed by atoms with van der Waals surface area (Å²) in [5, 5.41) is 11.3. The molecule has 1 aromatic heterocycles. The van der Waals surface area contributed by atoms with E-state index in [4.69, 9.17) is 4.74 Å². The molecule has 0 radical (unpaired) electrons. The zero-order valence-electron chi connectivity index (χ0n) is 14.8. The zero-order chi connectivity index (χ0) is 18.8. The lowest BCUT2D eigenvalue weighted by atomic mass is 10.1. The van der Waals surface area contributed by atoms with Crippen LogP contribution in [-0.4, -0.2) is 21.6 Å². The minimum atomic E-state index is -0.515. The largest absolute Gasteiger partial charge is 0.497 e. The van der Waals surface area contributed by atoms with Crippen molar-refractivity contribution in [1.82, 2.24) is 9.55 Å². The summed E-state index contributed by atoms with van der Waals surface area (Å²) < 4.78 is 6.70. The van der Waals surface area contributed by atoms with E-state index >= 15 is 0 Å². The summed E-state index contributed by atoms with van der Waals surface area (Å²) in [6.07, 6.45) is 0.807. The number of nitrogens with zero attached hydrogens (tertiary/aromatic N) is 3. The van der Waals surface area contributed by atoms with E-state index in [0.717, 1.165) is 6.42 Å². The highest BCUT2D eigenvalue weighted by Crippen LogP contribution is 2.24. The molecule has 7 nitrogen and oxygen atoms in total. The van der Waals surface area contributed by atoms with Gasteiger partial charge in [-0.1, -0.05) is 13.8 Å². The minimum absolute atomic E-state index is 0.0457. The fraction of sp³-hybridized carbons (Fsp3) is 0.263. The van der Waals surface area contributed by atoms with E-state index in [1.165, 1.54) is 22.8 Å². The van der Waals surface area contributed by atoms with E-state index in [2.05, 4.69) is 4.98 Å². The third kappa shape index (κ3) is 3.03. The van der Waals surface area contributed by atoms with Crippen LogP contribution in [0.1, 0.15) is 32.0 Å². The smallest absolute Gasteiger partial charge is 0.270 e. The van der Waals surface area contributed by atoms with Crippen LogP contribution in [0.3, 0.4) is 0 Å². The first-order valence-corrected chi connectivity index (χ1v) is 8.31. The molecule has 0 N–H and O–H groups in total. The van der Waals surface area contributed by atoms with Crippen LogP contribution in [0.5, 0.6) is 5.75 Å². The number of methoxy groups -OCH3 is 1. The quantitative estimate of drug-likeness (QED) is 0.514. The minimum Gasteiger partial charge on any atom is -0.497 e. The first-order chi connectivity index (χ1) is 12.5. The highest BCUT2D eigenvalue weighted by molar-refractivity contribution is 5.80. The SMILES string of the molecule is CC[C@H](C)c1nc2ccc([N+](=O)[O-])cc2c(=O)n1-c1ccc(OC)cc1. The van der Waals surface area contributed by atoms with Crippen LogP contribution in [0.4, 0.5) is 5.69 Å². The average Bonchev–Trinajstić information content (AvgIpc) is 2.67. The molecule has 3 aromatic rings. The van der Waals surface area contributed by atoms with Gasteiger partial charge in [-0.25, -0.2) is 4.98 Å². The standard InChI is InChI=1S/C19H19N3O4/c1-4-12(2)18-20-17-10-7-14(22(24)25)11-16(17)19(23)21(18)13-5-8-15(26-3)9-6-13/h5-12H,4H2,1-3H3/t12-/m0/s1. The van der Waals surface area contributed by atoms with Crippen molar-refractivity contribution < 1.29 is 9.66 Å². The number of hydrogen-bond donors (Lipinski definition) is 0. The van der Waals surface area contributed by atoms with Crippen LogP contribution in [0.25, 0.3) is 16.6 Å². The summed E-state index contributed by atoms with van der Waals surface area (Å²) in [6.45, 7) is 4.02. The van der Waals surface area contributed by atoms with Gasteiger partial charge in [0.1, 0.15) is 11.6 Å². The molecule has 0 spiro atoms. The van der Waals surface area contributed by atoms with E-state index in [-0.39, 0.29) is 22.6 Å². The Hall–Kier alpha value is -3.22. The Bertz CT molecular complexity index is 1030. The Morgan fingerprint density at radius 2 is 1.92 bits per heavy atom. The van der Waals surface area contributed by atoms with Crippen molar-refractivity contribution >= 4 is 16.6 Å². The number of rotatable bonds is 5. The molecule has 3 rings (SSSR count). The molecule has 0 saturated heterocycles. The Morgan fingerprint density at radius 1 is 1.23 bits per heavy atom. The lowest BCUT2D eigenvalue weighted by molar-refractivity contribution is -0.384. The molecule has 0 aliphatic carbocycles. The van der Waals surface area contributed by atoms with Crippen molar-refractivity contribution in [2.24, 2.45) is 0 Å². The molecule has 0 fully saturated rings. The van der Waals surface area contributed by atoms with Gasteiger partial charge in [0.25, 0.3) is 11.2 Å². The summed E-state index contributed by atoms with van der Waals surface area (Å²) in [6, 6.07) is 11.3. The Kier molecular flexibility index (Phi) is 4.71. The monoisotopic (exact) mass is 353 g/mol. The Morgan fingerprint density at radius 3 is 2.50 bits per heavy atom. The number of aromatic nitrogens is 2. The predicted octanol–water partition coefficient (Wildman–Crippen LogP) is 3.82. The second-order valence-electron chi connectivity index (χ2n) is 6.08. The average molecular weight is 353 g/mol. The van der Waals surface area contributed by atoms with Crippen molar-refractivity contribution in [1.29, 1.82) is 0 Å². The summed E-state index contributed by atoms with van der Waals surface area (Å²) in [4.78, 5) is 28.4. The molecule has 26 heavy (non-hydrogen) atoms. The van der Waals surface area contributed by atoms with Crippen LogP contribution < -0.4 is 10.3 Å². The highest BCUT2D eigenvalue weighted by atomic mass is 16.6. The van der Waals surface area contributed by atoms with Gasteiger partial charge in [0, 0.05) is 18.1 Å². The van der Waals surface area contributed by atoms with Crippen molar-refractivity contribution in [3.05, 3.63) is 68.8 Å². The number of fused-ring (bicyclic) bond motifs is 1. The van der Waals surface area contributed by atoms with Crippen LogP contribution >= 0.6 is 0 Å². The second-order valence-corrected chi connectivity index (χ2v) is 6.08. The van der Waals surface area contributed by atoms with Gasteiger partial charge in [0.2, 0.25) is 0 Å². The number of benzene rings is 2. The van der Waals surface area contributed by atoms with Crippen molar-refractivity contribution in [3.8, 4) is 11.4 Å². The summed E-state index contributed by atoms with van der Waals surface area (Å²) >= 11 is 0. The maximum atomic E-state index is 13.2. The van der Waals surface area contributed by atoms with E-state index in [1.807, 2.05) is 13.8 Å². The predicted molar refractivity (Wildman–Crippen MR) is 99.3 cm³/mol. The van der Waals surface area contributed by atoms with Gasteiger partial charge in [0.05, 0.1) is 28.6 Å². The third-order valence-electron chi connectivity index (χ3n) is 4.47. The van der Waals surface area contributed by atoms with Gasteiger partial charge in [-0.3, -0.25) is 19.5 Å². The van der Waals surface area contributed by atoms with Crippen molar-refractivity contribution in [2.75, 3.05) is 7.11 Å². The van der Waals surface area contributed by atoms with Gasteiger partial charge >= 0.3 is 0 Å². The van der Waals surface area contributed by atoms with Crippen LogP contribution in [0, 0.1) is 10.1 Å². The van der Waals surface area contributed by atoms with E-state index in [1.54, 1.807) is 31.4 Å². The molecule has 1 atom stereocenters. The molecule has 134 valence electrons. The Labute approximate surface area is 150 Å². The van der Waals surface area contributed by atoms with Crippen LogP contribution in [0.15, 0.2) is 47.3 Å².